The Kier molecular flexibility index (Phi) is 3.49. The Labute approximate surface area is 99.6 Å². The average molecular weight is 236 g/mol. The molecule has 0 aliphatic rings. The highest BCUT2D eigenvalue weighted by molar-refractivity contribution is 5.27. The van der Waals surface area contributed by atoms with Gasteiger partial charge in [0.1, 0.15) is 11.5 Å². The summed E-state index contributed by atoms with van der Waals surface area (Å²) in [5.41, 5.74) is 0.694. The van der Waals surface area contributed by atoms with Gasteiger partial charge in [0.25, 0.3) is 0 Å². The van der Waals surface area contributed by atoms with Crippen LogP contribution in [-0.4, -0.2) is 22.0 Å². The van der Waals surface area contributed by atoms with Gasteiger partial charge in [0.15, 0.2) is 5.75 Å². The summed E-state index contributed by atoms with van der Waals surface area (Å²) >= 11 is 0. The number of aliphatic hydroxyl groups excluding tert-OH is 1. The molecule has 0 fully saturated rings. The van der Waals surface area contributed by atoms with E-state index in [1.807, 2.05) is 12.1 Å². The number of aryl methyl sites for hydroxylation is 2. The summed E-state index contributed by atoms with van der Waals surface area (Å²) in [7, 11) is 3.35. The number of hydrogen-bond donors (Lipinski definition) is 1. The zero-order valence-electron chi connectivity index (χ0n) is 9.96. The predicted molar refractivity (Wildman–Crippen MR) is 61.7 cm³/mol. The number of hydrogen-bond acceptors (Lipinski definition) is 4. The lowest BCUT2D eigenvalue weighted by Gasteiger charge is -2.12. The summed E-state index contributed by atoms with van der Waals surface area (Å²) in [6.07, 6.45) is 3.88. The Balaban J connectivity index is 2.03. The molecule has 0 bridgehead atoms. The number of rotatable bonds is 5. The summed E-state index contributed by atoms with van der Waals surface area (Å²) in [5.74, 6) is 1.48. The van der Waals surface area contributed by atoms with Crippen LogP contribution in [0.2, 0.25) is 0 Å². The lowest BCUT2D eigenvalue weighted by Crippen LogP contribution is -2.07. The Hall–Kier alpha value is -1.75. The van der Waals surface area contributed by atoms with Crippen LogP contribution in [-0.2, 0) is 13.5 Å². The Bertz CT molecular complexity index is 462. The third kappa shape index (κ3) is 2.50. The van der Waals surface area contributed by atoms with Gasteiger partial charge >= 0.3 is 0 Å². The SMILES string of the molecule is COc1cnn(C)c1C(O)CCc1ccco1. The van der Waals surface area contributed by atoms with Crippen molar-refractivity contribution in [3.63, 3.8) is 0 Å². The van der Waals surface area contributed by atoms with Crippen molar-refractivity contribution < 1.29 is 14.3 Å². The minimum absolute atomic E-state index is 0.573. The number of aromatic nitrogens is 2. The van der Waals surface area contributed by atoms with Crippen LogP contribution in [0.1, 0.15) is 24.0 Å². The van der Waals surface area contributed by atoms with Crippen LogP contribution in [0.5, 0.6) is 5.75 Å². The second-order valence-electron chi connectivity index (χ2n) is 3.86. The van der Waals surface area contributed by atoms with E-state index in [4.69, 9.17) is 9.15 Å². The van der Waals surface area contributed by atoms with Gasteiger partial charge in [-0.25, -0.2) is 0 Å². The molecule has 0 radical (unpaired) electrons. The van der Waals surface area contributed by atoms with Crippen molar-refractivity contribution in [3.8, 4) is 5.75 Å². The van der Waals surface area contributed by atoms with E-state index < -0.39 is 6.10 Å². The molecule has 2 aromatic rings. The van der Waals surface area contributed by atoms with Crippen LogP contribution in [0.15, 0.2) is 29.0 Å². The first-order chi connectivity index (χ1) is 8.22. The fourth-order valence-corrected chi connectivity index (χ4v) is 1.83. The summed E-state index contributed by atoms with van der Waals surface area (Å²) in [4.78, 5) is 0. The summed E-state index contributed by atoms with van der Waals surface area (Å²) in [5, 5.41) is 14.2. The predicted octanol–water partition coefficient (Wildman–Crippen LogP) is 1.69. The molecule has 2 heterocycles. The van der Waals surface area contributed by atoms with Crippen molar-refractivity contribution in [3.05, 3.63) is 36.0 Å². The van der Waals surface area contributed by atoms with Gasteiger partial charge in [0.05, 0.1) is 25.7 Å². The van der Waals surface area contributed by atoms with Crippen molar-refractivity contribution in [1.29, 1.82) is 0 Å². The van der Waals surface area contributed by atoms with Crippen LogP contribution in [0.25, 0.3) is 0 Å². The average Bonchev–Trinajstić information content (AvgIpc) is 2.94. The van der Waals surface area contributed by atoms with Gasteiger partial charge in [0.2, 0.25) is 0 Å². The zero-order chi connectivity index (χ0) is 12.3. The van der Waals surface area contributed by atoms with E-state index in [2.05, 4.69) is 5.10 Å². The molecule has 0 aliphatic heterocycles. The fraction of sp³-hybridized carbons (Fsp3) is 0.417. The zero-order valence-corrected chi connectivity index (χ0v) is 9.96. The van der Waals surface area contributed by atoms with Gasteiger partial charge in [0, 0.05) is 13.5 Å². The largest absolute Gasteiger partial charge is 0.493 e. The van der Waals surface area contributed by atoms with E-state index in [9.17, 15) is 5.11 Å². The van der Waals surface area contributed by atoms with E-state index in [0.29, 0.717) is 24.3 Å². The third-order valence-electron chi connectivity index (χ3n) is 2.73. The van der Waals surface area contributed by atoms with E-state index >= 15 is 0 Å². The first-order valence-corrected chi connectivity index (χ1v) is 5.48. The van der Waals surface area contributed by atoms with Crippen LogP contribution in [0.3, 0.4) is 0 Å². The molecule has 5 heteroatoms. The van der Waals surface area contributed by atoms with Crippen molar-refractivity contribution in [1.82, 2.24) is 9.78 Å². The lowest BCUT2D eigenvalue weighted by molar-refractivity contribution is 0.152. The number of methoxy groups -OCH3 is 1. The van der Waals surface area contributed by atoms with Crippen LogP contribution >= 0.6 is 0 Å². The second kappa shape index (κ2) is 5.05. The van der Waals surface area contributed by atoms with Gasteiger partial charge in [-0.3, -0.25) is 4.68 Å². The fourth-order valence-electron chi connectivity index (χ4n) is 1.83. The number of nitrogens with zero attached hydrogens (tertiary/aromatic N) is 2. The molecule has 1 unspecified atom stereocenters. The molecule has 1 N–H and O–H groups in total. The molecule has 0 spiro atoms. The monoisotopic (exact) mass is 236 g/mol. The molecule has 5 nitrogen and oxygen atoms in total. The molecule has 17 heavy (non-hydrogen) atoms. The Morgan fingerprint density at radius 1 is 1.59 bits per heavy atom. The highest BCUT2D eigenvalue weighted by Crippen LogP contribution is 2.27. The maximum Gasteiger partial charge on any atom is 0.162 e. The van der Waals surface area contributed by atoms with Crippen LogP contribution in [0.4, 0.5) is 0 Å². The highest BCUT2D eigenvalue weighted by atomic mass is 16.5. The van der Waals surface area contributed by atoms with Crippen molar-refractivity contribution in [2.24, 2.45) is 7.05 Å². The maximum atomic E-state index is 10.1. The van der Waals surface area contributed by atoms with E-state index in [0.717, 1.165) is 5.76 Å². The molecule has 1 atom stereocenters. The van der Waals surface area contributed by atoms with Crippen LogP contribution < -0.4 is 4.74 Å². The normalized spacial score (nSPS) is 12.6. The number of ether oxygens (including phenoxy) is 1. The standard InChI is InChI=1S/C12H16N2O3/c1-14-12(11(16-2)8-13-14)10(15)6-5-9-4-3-7-17-9/h3-4,7-8,10,15H,5-6H2,1-2H3. The maximum absolute atomic E-state index is 10.1. The second-order valence-corrected chi connectivity index (χ2v) is 3.86. The lowest BCUT2D eigenvalue weighted by atomic mass is 10.1. The van der Waals surface area contributed by atoms with E-state index in [1.165, 1.54) is 0 Å². The topological polar surface area (TPSA) is 60.4 Å². The smallest absolute Gasteiger partial charge is 0.162 e. The molecular weight excluding hydrogens is 220 g/mol. The van der Waals surface area contributed by atoms with Gasteiger partial charge < -0.3 is 14.3 Å². The minimum Gasteiger partial charge on any atom is -0.493 e. The molecule has 92 valence electrons. The van der Waals surface area contributed by atoms with Crippen molar-refractivity contribution in [2.75, 3.05) is 7.11 Å². The third-order valence-corrected chi connectivity index (χ3v) is 2.73. The van der Waals surface area contributed by atoms with Crippen molar-refractivity contribution >= 4 is 0 Å². The summed E-state index contributed by atoms with van der Waals surface area (Å²) in [6.45, 7) is 0. The Morgan fingerprint density at radius 3 is 3.06 bits per heavy atom. The van der Waals surface area contributed by atoms with E-state index in [1.54, 1.807) is 31.3 Å². The summed E-state index contributed by atoms with van der Waals surface area (Å²) in [6, 6.07) is 3.74. The molecule has 2 rings (SSSR count). The molecule has 0 amide bonds. The number of aliphatic hydroxyl groups is 1. The summed E-state index contributed by atoms with van der Waals surface area (Å²) < 4.78 is 12.0. The first-order valence-electron chi connectivity index (χ1n) is 5.48. The molecule has 2 aromatic heterocycles. The van der Waals surface area contributed by atoms with Crippen LogP contribution in [0, 0.1) is 0 Å². The van der Waals surface area contributed by atoms with Gasteiger partial charge in [-0.15, -0.1) is 0 Å². The molecular formula is C12H16N2O3. The minimum atomic E-state index is -0.609. The molecule has 0 aromatic carbocycles. The Morgan fingerprint density at radius 2 is 2.41 bits per heavy atom. The number of furan rings is 1. The van der Waals surface area contributed by atoms with Gasteiger partial charge in [-0.05, 0) is 18.6 Å². The van der Waals surface area contributed by atoms with Gasteiger partial charge in [-0.1, -0.05) is 0 Å². The molecule has 0 aliphatic carbocycles. The molecule has 0 saturated carbocycles. The van der Waals surface area contributed by atoms with E-state index in [-0.39, 0.29) is 0 Å². The highest BCUT2D eigenvalue weighted by Gasteiger charge is 2.18. The van der Waals surface area contributed by atoms with Crippen molar-refractivity contribution in [2.45, 2.75) is 18.9 Å². The quantitative estimate of drug-likeness (QED) is 0.858. The first kappa shape index (κ1) is 11.7. The molecule has 0 saturated heterocycles. The van der Waals surface area contributed by atoms with Gasteiger partial charge in [-0.2, -0.15) is 5.10 Å².